The van der Waals surface area contributed by atoms with Gasteiger partial charge >= 0.3 is 0 Å². The minimum atomic E-state index is 0. The molecule has 0 aromatic carbocycles. The van der Waals surface area contributed by atoms with E-state index in [9.17, 15) is 4.79 Å². The Bertz CT molecular complexity index is 106. The predicted molar refractivity (Wildman–Crippen MR) is 36.3 cm³/mol. The average Bonchev–Trinajstić information content (AvgIpc) is 1.68. The molecule has 0 amide bonds. The minimum absolute atomic E-state index is 0. The zero-order valence-corrected chi connectivity index (χ0v) is 8.05. The number of likely N-dealkylation sites (N-methyl/N-ethyl adjacent to an activating group) is 1. The summed E-state index contributed by atoms with van der Waals surface area (Å²) >= 11 is 0. The summed E-state index contributed by atoms with van der Waals surface area (Å²) in [5.74, 6) is 0.120. The molecule has 0 fully saturated rings. The van der Waals surface area contributed by atoms with Gasteiger partial charge in [-0.15, -0.1) is 0 Å². The van der Waals surface area contributed by atoms with Crippen LogP contribution in [0, 0.1) is 48.9 Å². The van der Waals surface area contributed by atoms with Gasteiger partial charge in [-0.05, 0) is 20.0 Å². The van der Waals surface area contributed by atoms with Crippen LogP contribution in [0.25, 0.3) is 0 Å². The zero-order chi connectivity index (χ0) is 6.41. The van der Waals surface area contributed by atoms with Gasteiger partial charge in [0, 0.05) is 48.9 Å². The van der Waals surface area contributed by atoms with Crippen molar-refractivity contribution >= 4 is 5.78 Å². The van der Waals surface area contributed by atoms with Crippen molar-refractivity contribution in [2.24, 2.45) is 0 Å². The number of hydrogen-bond donors (Lipinski definition) is 1. The maximum absolute atomic E-state index is 10.5. The van der Waals surface area contributed by atoms with Gasteiger partial charge in [0.05, 0.1) is 6.54 Å². The van der Waals surface area contributed by atoms with Crippen molar-refractivity contribution in [1.29, 1.82) is 0 Å². The number of nitrogens with one attached hydrogen (secondary N) is 1. The van der Waals surface area contributed by atoms with Crippen LogP contribution in [0.3, 0.4) is 0 Å². The summed E-state index contributed by atoms with van der Waals surface area (Å²) in [7, 11) is 1.75. The number of hydrogen-bond acceptors (Lipinski definition) is 2. The van der Waals surface area contributed by atoms with Gasteiger partial charge in [0.25, 0.3) is 0 Å². The van der Waals surface area contributed by atoms with E-state index in [2.05, 4.69) is 5.32 Å². The number of halogens is 1. The van der Waals surface area contributed by atoms with Crippen molar-refractivity contribution in [2.45, 2.75) is 6.92 Å². The second-order valence-electron chi connectivity index (χ2n) is 1.50. The minimum Gasteiger partial charge on any atom is -0.313 e. The monoisotopic (exact) mass is 265 g/mol. The van der Waals surface area contributed by atoms with Gasteiger partial charge in [0.15, 0.2) is 5.78 Å². The summed E-state index contributed by atoms with van der Waals surface area (Å²) < 4.78 is 0. The molecule has 0 aromatic rings. The topological polar surface area (TPSA) is 29.1 Å². The Morgan fingerprint density at radius 2 is 2.10 bits per heavy atom. The van der Waals surface area contributed by atoms with E-state index < -0.39 is 0 Å². The molecule has 0 saturated heterocycles. The Hall–Kier alpha value is 0.871. The molecule has 0 aliphatic rings. The van der Waals surface area contributed by atoms with Crippen molar-refractivity contribution < 1.29 is 58.4 Å². The van der Waals surface area contributed by atoms with Gasteiger partial charge in [-0.25, -0.2) is 0 Å². The number of rotatable bonds is 3. The summed E-state index contributed by atoms with van der Waals surface area (Å²) in [5, 5.41) is 2.75. The van der Waals surface area contributed by atoms with Crippen LogP contribution < -0.4 is 5.32 Å². The Labute approximate surface area is 101 Å². The van der Waals surface area contributed by atoms with E-state index in [0.717, 1.165) is 0 Å². The predicted octanol–water partition coefficient (Wildman–Crippen LogP) is 0.504. The molecule has 2 nitrogen and oxygen atoms in total. The fourth-order valence-corrected chi connectivity index (χ4v) is 0.419. The van der Waals surface area contributed by atoms with Crippen molar-refractivity contribution in [3.63, 3.8) is 0 Å². The summed E-state index contributed by atoms with van der Waals surface area (Å²) in [6.45, 7) is 2.26. The summed E-state index contributed by atoms with van der Waals surface area (Å²) in [5.41, 5.74) is 0. The summed E-state index contributed by atoms with van der Waals surface area (Å²) in [6.07, 6.45) is 3.29. The fraction of sp³-hybridized carbons (Fsp3) is 0.500. The van der Waals surface area contributed by atoms with Crippen molar-refractivity contribution in [3.05, 3.63) is 12.2 Å². The molecule has 0 atom stereocenters. The van der Waals surface area contributed by atoms with Gasteiger partial charge in [-0.2, -0.15) is 0 Å². The Kier molecular flexibility index (Phi) is 21.4. The summed E-state index contributed by atoms with van der Waals surface area (Å²) in [6, 6.07) is 0. The van der Waals surface area contributed by atoms with Gasteiger partial charge in [0.2, 0.25) is 0 Å². The first-order valence-corrected chi connectivity index (χ1v) is 2.61. The van der Waals surface area contributed by atoms with Gasteiger partial charge in [0.1, 0.15) is 0 Å². The molecule has 0 saturated carbocycles. The molecule has 0 aliphatic heterocycles. The largest absolute Gasteiger partial charge is 0.313 e. The van der Waals surface area contributed by atoms with Crippen LogP contribution >= 0.6 is 0 Å². The van der Waals surface area contributed by atoms with E-state index in [1.54, 1.807) is 19.2 Å². The number of allylic oxidation sites excluding steroid dienone is 1. The number of carbonyl (C=O) groups excluding carboxylic acids is 1. The zero-order valence-electron chi connectivity index (χ0n) is 6.03. The molecule has 62 valence electrons. The molecular weight excluding hydrogens is 252 g/mol. The molecule has 0 aliphatic carbocycles. The van der Waals surface area contributed by atoms with E-state index in [-0.39, 0.29) is 59.4 Å². The van der Waals surface area contributed by atoms with Crippen LogP contribution in [-0.2, 0) is 4.79 Å². The molecule has 0 bridgehead atoms. The molecule has 0 aromatic heterocycles. The second kappa shape index (κ2) is 12.5. The van der Waals surface area contributed by atoms with E-state index in [0.29, 0.717) is 6.54 Å². The van der Waals surface area contributed by atoms with E-state index >= 15 is 0 Å². The van der Waals surface area contributed by atoms with Crippen LogP contribution in [0.4, 0.5) is 4.70 Å². The van der Waals surface area contributed by atoms with Gasteiger partial charge in [-0.3, -0.25) is 9.50 Å². The first-order chi connectivity index (χ1) is 3.81. The smallest absolute Gasteiger partial charge is 0.169 e. The van der Waals surface area contributed by atoms with Crippen LogP contribution in [0.5, 0.6) is 0 Å². The average molecular weight is 264 g/mol. The maximum atomic E-state index is 10.5. The molecular formula is C6H12FNOXe. The van der Waals surface area contributed by atoms with Crippen LogP contribution in [0.1, 0.15) is 6.92 Å². The molecule has 0 unspecified atom stereocenters. The maximum Gasteiger partial charge on any atom is 0.169 e. The second-order valence-corrected chi connectivity index (χ2v) is 1.50. The Morgan fingerprint density at radius 1 is 1.60 bits per heavy atom. The molecule has 0 spiro atoms. The summed E-state index contributed by atoms with van der Waals surface area (Å²) in [4.78, 5) is 10.5. The first kappa shape index (κ1) is 17.1. The number of ketones is 1. The normalized spacial score (nSPS) is 8.20. The van der Waals surface area contributed by atoms with Crippen LogP contribution in [-0.4, -0.2) is 19.4 Å². The number of carbonyl (C=O) groups is 1. The first-order valence-electron chi connectivity index (χ1n) is 2.61. The van der Waals surface area contributed by atoms with Crippen molar-refractivity contribution in [2.75, 3.05) is 13.6 Å². The van der Waals surface area contributed by atoms with E-state index in [1.165, 1.54) is 0 Å². The van der Waals surface area contributed by atoms with Crippen LogP contribution in [0.2, 0.25) is 0 Å². The molecule has 0 rings (SSSR count). The molecule has 4 heteroatoms. The van der Waals surface area contributed by atoms with Gasteiger partial charge in [-0.1, -0.05) is 6.08 Å². The van der Waals surface area contributed by atoms with Crippen molar-refractivity contribution in [3.8, 4) is 0 Å². The van der Waals surface area contributed by atoms with Crippen molar-refractivity contribution in [1.82, 2.24) is 5.32 Å². The molecule has 10 heavy (non-hydrogen) atoms. The molecule has 1 N–H and O–H groups in total. The molecule has 0 heterocycles. The quantitative estimate of drug-likeness (QED) is 0.752. The molecule has 0 radical (unpaired) electrons. The SMILES string of the molecule is CC=CC(=O)CNC.F.[Xe]. The fourth-order valence-electron chi connectivity index (χ4n) is 0.419. The standard InChI is InChI=1S/C6H11NO.FH.Xe/c1-3-4-6(8)5-7-2;;/h3-4,7H,5H2,1-2H3;1H;. The third-order valence-corrected chi connectivity index (χ3v) is 0.704. The van der Waals surface area contributed by atoms with Crippen LogP contribution in [0.15, 0.2) is 12.2 Å². The van der Waals surface area contributed by atoms with E-state index in [4.69, 9.17) is 0 Å². The van der Waals surface area contributed by atoms with E-state index in [1.807, 2.05) is 6.92 Å². The Morgan fingerprint density at radius 3 is 2.40 bits per heavy atom. The Balaban J connectivity index is -0.000000245. The third-order valence-electron chi connectivity index (χ3n) is 0.704. The van der Waals surface area contributed by atoms with Gasteiger partial charge < -0.3 is 5.32 Å². The third kappa shape index (κ3) is 11.6.